The molecule has 1 aromatic carbocycles. The van der Waals surface area contributed by atoms with Gasteiger partial charge in [-0.05, 0) is 43.7 Å². The van der Waals surface area contributed by atoms with E-state index in [9.17, 15) is 0 Å². The van der Waals surface area contributed by atoms with Crippen molar-refractivity contribution in [1.29, 1.82) is 0 Å². The number of aryl methyl sites for hydroxylation is 3. The van der Waals surface area contributed by atoms with Gasteiger partial charge in [0.25, 0.3) is 0 Å². The molecule has 0 bridgehead atoms. The number of benzene rings is 1. The monoisotopic (exact) mass is 403 g/mol. The number of hydrogen-bond acceptors (Lipinski definition) is 4. The normalized spacial score (nSPS) is 16.1. The largest absolute Gasteiger partial charge is 0.308 e. The lowest BCUT2D eigenvalue weighted by Gasteiger charge is -2.31. The minimum absolute atomic E-state index is 0.806. The number of aromatic nitrogens is 3. The third-order valence-electron chi connectivity index (χ3n) is 6.15. The highest BCUT2D eigenvalue weighted by Gasteiger charge is 2.13. The van der Waals surface area contributed by atoms with Crippen molar-refractivity contribution in [1.82, 2.24) is 24.3 Å². The highest BCUT2D eigenvalue weighted by Crippen LogP contribution is 2.20. The molecule has 1 aliphatic rings. The lowest BCUT2D eigenvalue weighted by Crippen LogP contribution is -2.44. The first-order chi connectivity index (χ1) is 14.5. The Labute approximate surface area is 180 Å². The molecule has 3 heterocycles. The average molecular weight is 404 g/mol. The summed E-state index contributed by atoms with van der Waals surface area (Å²) in [5.41, 5.74) is 6.79. The highest BCUT2D eigenvalue weighted by molar-refractivity contribution is 5.73. The van der Waals surface area contributed by atoms with Crippen LogP contribution in [0.3, 0.4) is 0 Å². The maximum Gasteiger partial charge on any atom is 0.160 e. The molecule has 0 unspecified atom stereocenters. The third kappa shape index (κ3) is 4.63. The fraction of sp³-hybridized carbons (Fsp3) is 0.440. The SMILES string of the molecule is CCc1nc2cc(C)c(C)nc2n1Cc1ccc(C=CCN2CCN(C)CC2)cc1. The lowest BCUT2D eigenvalue weighted by molar-refractivity contribution is 0.167. The minimum Gasteiger partial charge on any atom is -0.308 e. The summed E-state index contributed by atoms with van der Waals surface area (Å²) in [6, 6.07) is 11.0. The molecule has 4 rings (SSSR count). The van der Waals surface area contributed by atoms with E-state index in [1.165, 1.54) is 29.8 Å². The zero-order valence-electron chi connectivity index (χ0n) is 18.7. The van der Waals surface area contributed by atoms with Gasteiger partial charge in [0.15, 0.2) is 5.65 Å². The van der Waals surface area contributed by atoms with E-state index in [2.05, 4.69) is 84.7 Å². The van der Waals surface area contributed by atoms with E-state index in [-0.39, 0.29) is 0 Å². The van der Waals surface area contributed by atoms with Crippen LogP contribution in [0, 0.1) is 13.8 Å². The average Bonchev–Trinajstić information content (AvgIpc) is 3.07. The second-order valence-corrected chi connectivity index (χ2v) is 8.45. The zero-order chi connectivity index (χ0) is 21.1. The van der Waals surface area contributed by atoms with Crippen LogP contribution in [0.15, 0.2) is 36.4 Å². The Morgan fingerprint density at radius 3 is 2.43 bits per heavy atom. The Kier molecular flexibility index (Phi) is 6.30. The van der Waals surface area contributed by atoms with Crippen molar-refractivity contribution in [2.45, 2.75) is 33.7 Å². The van der Waals surface area contributed by atoms with E-state index in [0.29, 0.717) is 0 Å². The van der Waals surface area contributed by atoms with E-state index in [4.69, 9.17) is 9.97 Å². The summed E-state index contributed by atoms with van der Waals surface area (Å²) in [4.78, 5) is 14.6. The summed E-state index contributed by atoms with van der Waals surface area (Å²) in [5.74, 6) is 1.10. The minimum atomic E-state index is 0.806. The fourth-order valence-corrected chi connectivity index (χ4v) is 4.00. The summed E-state index contributed by atoms with van der Waals surface area (Å²) in [6.07, 6.45) is 5.43. The first-order valence-electron chi connectivity index (χ1n) is 11.0. The van der Waals surface area contributed by atoms with Crippen molar-refractivity contribution in [3.8, 4) is 0 Å². The van der Waals surface area contributed by atoms with Gasteiger partial charge in [0.1, 0.15) is 11.3 Å². The predicted molar refractivity (Wildman–Crippen MR) is 125 cm³/mol. The van der Waals surface area contributed by atoms with Crippen LogP contribution in [0.1, 0.15) is 35.1 Å². The second kappa shape index (κ2) is 9.11. The molecule has 0 N–H and O–H groups in total. The van der Waals surface area contributed by atoms with E-state index in [1.807, 2.05) is 0 Å². The number of nitrogens with zero attached hydrogens (tertiary/aromatic N) is 5. The van der Waals surface area contributed by atoms with E-state index < -0.39 is 0 Å². The zero-order valence-corrected chi connectivity index (χ0v) is 18.7. The molecule has 158 valence electrons. The van der Waals surface area contributed by atoms with E-state index >= 15 is 0 Å². The quantitative estimate of drug-likeness (QED) is 0.625. The number of likely N-dealkylation sites (N-methyl/N-ethyl adjacent to an activating group) is 1. The van der Waals surface area contributed by atoms with Gasteiger partial charge in [-0.15, -0.1) is 0 Å². The first kappa shape index (κ1) is 20.8. The van der Waals surface area contributed by atoms with Crippen molar-refractivity contribution < 1.29 is 0 Å². The molecule has 0 radical (unpaired) electrons. The summed E-state index contributed by atoms with van der Waals surface area (Å²) in [7, 11) is 2.20. The molecule has 1 saturated heterocycles. The Morgan fingerprint density at radius 1 is 1.00 bits per heavy atom. The Bertz CT molecular complexity index is 1020. The molecule has 1 fully saturated rings. The topological polar surface area (TPSA) is 37.2 Å². The van der Waals surface area contributed by atoms with Crippen LogP contribution in [0.4, 0.5) is 0 Å². The summed E-state index contributed by atoms with van der Waals surface area (Å²) in [5, 5.41) is 0. The van der Waals surface area contributed by atoms with Crippen LogP contribution >= 0.6 is 0 Å². The first-order valence-corrected chi connectivity index (χ1v) is 11.0. The van der Waals surface area contributed by atoms with Gasteiger partial charge in [0.05, 0.1) is 6.54 Å². The van der Waals surface area contributed by atoms with Gasteiger partial charge in [-0.3, -0.25) is 4.90 Å². The van der Waals surface area contributed by atoms with Gasteiger partial charge in [0.2, 0.25) is 0 Å². The van der Waals surface area contributed by atoms with Crippen LogP contribution in [0.2, 0.25) is 0 Å². The molecule has 0 atom stereocenters. The molecule has 0 saturated carbocycles. The molecule has 0 spiro atoms. The van der Waals surface area contributed by atoms with Gasteiger partial charge in [-0.1, -0.05) is 43.3 Å². The molecular weight excluding hydrogens is 370 g/mol. The van der Waals surface area contributed by atoms with Gasteiger partial charge in [-0.2, -0.15) is 0 Å². The summed E-state index contributed by atoms with van der Waals surface area (Å²) < 4.78 is 2.26. The number of imidazole rings is 1. The summed E-state index contributed by atoms with van der Waals surface area (Å²) in [6.45, 7) is 12.8. The molecule has 5 heteroatoms. The van der Waals surface area contributed by atoms with Crippen LogP contribution < -0.4 is 0 Å². The van der Waals surface area contributed by atoms with Crippen molar-refractivity contribution in [3.05, 3.63) is 64.6 Å². The molecule has 2 aromatic heterocycles. The number of fused-ring (bicyclic) bond motifs is 1. The van der Waals surface area contributed by atoms with Gasteiger partial charge < -0.3 is 9.47 Å². The van der Waals surface area contributed by atoms with Gasteiger partial charge >= 0.3 is 0 Å². The third-order valence-corrected chi connectivity index (χ3v) is 6.15. The van der Waals surface area contributed by atoms with Crippen LogP contribution in [-0.4, -0.2) is 64.1 Å². The van der Waals surface area contributed by atoms with E-state index in [0.717, 1.165) is 55.3 Å². The van der Waals surface area contributed by atoms with Crippen LogP contribution in [0.25, 0.3) is 17.2 Å². The highest BCUT2D eigenvalue weighted by atomic mass is 15.2. The van der Waals surface area contributed by atoms with Gasteiger partial charge in [-0.25, -0.2) is 9.97 Å². The number of hydrogen-bond donors (Lipinski definition) is 0. The predicted octanol–water partition coefficient (Wildman–Crippen LogP) is 3.92. The fourth-order valence-electron chi connectivity index (χ4n) is 4.00. The Balaban J connectivity index is 1.45. The maximum atomic E-state index is 4.83. The maximum absolute atomic E-state index is 4.83. The smallest absolute Gasteiger partial charge is 0.160 e. The van der Waals surface area contributed by atoms with Crippen molar-refractivity contribution >= 4 is 17.2 Å². The van der Waals surface area contributed by atoms with Crippen molar-refractivity contribution in [3.63, 3.8) is 0 Å². The molecule has 0 aliphatic carbocycles. The van der Waals surface area contributed by atoms with Crippen molar-refractivity contribution in [2.75, 3.05) is 39.8 Å². The number of pyridine rings is 1. The van der Waals surface area contributed by atoms with Crippen LogP contribution in [-0.2, 0) is 13.0 Å². The van der Waals surface area contributed by atoms with Gasteiger partial charge in [0, 0.05) is 44.8 Å². The number of rotatable bonds is 6. The molecule has 1 aliphatic heterocycles. The standard InChI is InChI=1S/C25H33N5/c1-5-24-27-23-17-19(2)20(3)26-25(23)30(24)18-22-10-8-21(9-11-22)7-6-12-29-15-13-28(4)14-16-29/h6-11,17H,5,12-16,18H2,1-4H3. The Hall–Kier alpha value is -2.50. The second-order valence-electron chi connectivity index (χ2n) is 8.45. The molecule has 0 amide bonds. The molecular formula is C25H33N5. The van der Waals surface area contributed by atoms with Crippen LogP contribution in [0.5, 0.6) is 0 Å². The molecule has 5 nitrogen and oxygen atoms in total. The Morgan fingerprint density at radius 2 is 1.73 bits per heavy atom. The van der Waals surface area contributed by atoms with Crippen molar-refractivity contribution in [2.24, 2.45) is 0 Å². The summed E-state index contributed by atoms with van der Waals surface area (Å²) >= 11 is 0. The molecule has 30 heavy (non-hydrogen) atoms. The van der Waals surface area contributed by atoms with E-state index in [1.54, 1.807) is 0 Å². The lowest BCUT2D eigenvalue weighted by atomic mass is 10.1. The molecule has 3 aromatic rings. The number of piperazine rings is 1.